The van der Waals surface area contributed by atoms with Gasteiger partial charge >= 0.3 is 0 Å². The smallest absolute Gasteiger partial charge is 0.151 e. The Labute approximate surface area is 118 Å². The van der Waals surface area contributed by atoms with Crippen LogP contribution >= 0.6 is 11.6 Å². The highest BCUT2D eigenvalue weighted by Crippen LogP contribution is 2.26. The van der Waals surface area contributed by atoms with E-state index in [1.165, 1.54) is 6.07 Å². The van der Waals surface area contributed by atoms with Gasteiger partial charge in [0.1, 0.15) is 11.3 Å². The molecular formula is C14H19ClFN3. The van der Waals surface area contributed by atoms with Crippen molar-refractivity contribution in [3.8, 4) is 0 Å². The van der Waals surface area contributed by atoms with Gasteiger partial charge in [-0.25, -0.2) is 9.37 Å². The number of aromatic nitrogens is 2. The molecule has 19 heavy (non-hydrogen) atoms. The van der Waals surface area contributed by atoms with Crippen molar-refractivity contribution in [1.29, 1.82) is 0 Å². The van der Waals surface area contributed by atoms with Crippen LogP contribution in [0.4, 0.5) is 4.39 Å². The molecule has 3 nitrogen and oxygen atoms in total. The maximum absolute atomic E-state index is 13.8. The molecule has 2 atom stereocenters. The normalized spacial score (nSPS) is 15.1. The van der Waals surface area contributed by atoms with Crippen molar-refractivity contribution in [3.05, 3.63) is 29.8 Å². The van der Waals surface area contributed by atoms with E-state index in [4.69, 9.17) is 11.6 Å². The summed E-state index contributed by atoms with van der Waals surface area (Å²) in [5, 5.41) is -0.249. The van der Waals surface area contributed by atoms with Crippen LogP contribution in [0, 0.1) is 5.82 Å². The van der Waals surface area contributed by atoms with Crippen molar-refractivity contribution < 1.29 is 4.39 Å². The van der Waals surface area contributed by atoms with Crippen LogP contribution < -0.4 is 0 Å². The molecule has 2 aromatic rings. The molecule has 0 fully saturated rings. The Balaban J connectivity index is 2.56. The highest BCUT2D eigenvalue weighted by molar-refractivity contribution is 6.20. The van der Waals surface area contributed by atoms with Gasteiger partial charge in [0.25, 0.3) is 0 Å². The summed E-state index contributed by atoms with van der Waals surface area (Å²) in [5.41, 5.74) is 1.20. The summed E-state index contributed by atoms with van der Waals surface area (Å²) in [6.45, 7) is 4.71. The Bertz CT molecular complexity index is 577. The third-order valence-corrected chi connectivity index (χ3v) is 3.64. The first-order valence-corrected chi connectivity index (χ1v) is 6.80. The number of likely N-dealkylation sites (N-methyl/N-ethyl adjacent to an activating group) is 1. The molecule has 0 bridgehead atoms. The number of hydrogen-bond acceptors (Lipinski definition) is 2. The van der Waals surface area contributed by atoms with Crippen LogP contribution in [0.3, 0.4) is 0 Å². The molecule has 0 saturated carbocycles. The first-order valence-electron chi connectivity index (χ1n) is 6.37. The molecule has 5 heteroatoms. The van der Waals surface area contributed by atoms with E-state index >= 15 is 0 Å². The van der Waals surface area contributed by atoms with Crippen LogP contribution in [0.15, 0.2) is 18.2 Å². The molecule has 0 spiro atoms. The number of fused-ring (bicyclic) bond motifs is 1. The number of nitrogens with zero attached hydrogens (tertiary/aromatic N) is 3. The largest absolute Gasteiger partial charge is 0.325 e. The van der Waals surface area contributed by atoms with Crippen LogP contribution in [-0.2, 0) is 6.54 Å². The predicted molar refractivity (Wildman–Crippen MR) is 77.1 cm³/mol. The minimum atomic E-state index is -0.299. The average molecular weight is 284 g/mol. The molecule has 0 saturated heterocycles. The molecule has 2 rings (SSSR count). The van der Waals surface area contributed by atoms with Gasteiger partial charge in [-0.2, -0.15) is 0 Å². The fourth-order valence-corrected chi connectivity index (χ4v) is 2.22. The monoisotopic (exact) mass is 283 g/mol. The van der Waals surface area contributed by atoms with Gasteiger partial charge in [0.2, 0.25) is 0 Å². The minimum absolute atomic E-state index is 0.249. The van der Waals surface area contributed by atoms with Gasteiger partial charge in [-0.1, -0.05) is 6.07 Å². The van der Waals surface area contributed by atoms with Crippen molar-refractivity contribution in [2.24, 2.45) is 0 Å². The summed E-state index contributed by atoms with van der Waals surface area (Å²) in [6.07, 6.45) is 0. The van der Waals surface area contributed by atoms with E-state index in [1.807, 2.05) is 31.7 Å². The van der Waals surface area contributed by atoms with E-state index in [9.17, 15) is 4.39 Å². The van der Waals surface area contributed by atoms with Crippen LogP contribution in [0.25, 0.3) is 11.0 Å². The lowest BCUT2D eigenvalue weighted by Crippen LogP contribution is -2.29. The van der Waals surface area contributed by atoms with Gasteiger partial charge in [-0.15, -0.1) is 11.6 Å². The van der Waals surface area contributed by atoms with E-state index < -0.39 is 0 Å². The summed E-state index contributed by atoms with van der Waals surface area (Å²) >= 11 is 6.18. The molecule has 0 aliphatic rings. The molecule has 0 aliphatic carbocycles. The third kappa shape index (κ3) is 2.74. The Morgan fingerprint density at radius 1 is 1.37 bits per heavy atom. The highest BCUT2D eigenvalue weighted by atomic mass is 35.5. The average Bonchev–Trinajstić information content (AvgIpc) is 2.70. The highest BCUT2D eigenvalue weighted by Gasteiger charge is 2.19. The minimum Gasteiger partial charge on any atom is -0.325 e. The van der Waals surface area contributed by atoms with Crippen molar-refractivity contribution >= 4 is 22.6 Å². The maximum atomic E-state index is 13.8. The molecule has 1 aromatic heterocycles. The molecule has 0 aliphatic heterocycles. The van der Waals surface area contributed by atoms with Crippen LogP contribution in [0.2, 0.25) is 0 Å². The molecule has 2 unspecified atom stereocenters. The molecule has 0 amide bonds. The van der Waals surface area contributed by atoms with E-state index in [0.29, 0.717) is 11.6 Å². The van der Waals surface area contributed by atoms with Gasteiger partial charge < -0.3 is 9.47 Å². The Kier molecular flexibility index (Phi) is 4.11. The quantitative estimate of drug-likeness (QED) is 0.802. The zero-order chi connectivity index (χ0) is 14.2. The Hall–Kier alpha value is -1.13. The predicted octanol–water partition coefficient (Wildman–Crippen LogP) is 3.43. The topological polar surface area (TPSA) is 21.1 Å². The third-order valence-electron chi connectivity index (χ3n) is 3.44. The van der Waals surface area contributed by atoms with Crippen molar-refractivity contribution in [1.82, 2.24) is 14.5 Å². The summed E-state index contributed by atoms with van der Waals surface area (Å²) in [7, 11) is 4.04. The van der Waals surface area contributed by atoms with Crippen LogP contribution in [0.5, 0.6) is 0 Å². The molecule has 0 N–H and O–H groups in total. The second-order valence-electron chi connectivity index (χ2n) is 5.12. The standard InChI is InChI=1S/C14H19ClFN3/c1-9(18(3)4)8-19-12-7-5-6-11(16)13(12)17-14(19)10(2)15/h5-7,9-10H,8H2,1-4H3. The Morgan fingerprint density at radius 3 is 2.63 bits per heavy atom. The summed E-state index contributed by atoms with van der Waals surface area (Å²) in [6, 6.07) is 5.34. The van der Waals surface area contributed by atoms with Crippen molar-refractivity contribution in [3.63, 3.8) is 0 Å². The lowest BCUT2D eigenvalue weighted by Gasteiger charge is -2.22. The van der Waals surface area contributed by atoms with Crippen molar-refractivity contribution in [2.75, 3.05) is 14.1 Å². The molecular weight excluding hydrogens is 265 g/mol. The maximum Gasteiger partial charge on any atom is 0.151 e. The van der Waals surface area contributed by atoms with E-state index in [2.05, 4.69) is 16.8 Å². The van der Waals surface area contributed by atoms with Crippen molar-refractivity contribution in [2.45, 2.75) is 31.8 Å². The molecule has 1 heterocycles. The first kappa shape index (κ1) is 14.3. The summed E-state index contributed by atoms with van der Waals surface area (Å²) in [4.78, 5) is 6.48. The molecule has 104 valence electrons. The van der Waals surface area contributed by atoms with Crippen LogP contribution in [-0.4, -0.2) is 34.6 Å². The zero-order valence-electron chi connectivity index (χ0n) is 11.7. The Morgan fingerprint density at radius 2 is 2.05 bits per heavy atom. The fourth-order valence-electron chi connectivity index (χ4n) is 2.05. The zero-order valence-corrected chi connectivity index (χ0v) is 12.4. The number of rotatable bonds is 4. The van der Waals surface area contributed by atoms with Gasteiger partial charge in [-0.05, 0) is 40.1 Å². The van der Waals surface area contributed by atoms with Gasteiger partial charge in [0.05, 0.1) is 10.9 Å². The van der Waals surface area contributed by atoms with Gasteiger partial charge in [0, 0.05) is 12.6 Å². The SMILES string of the molecule is CC(Cl)c1nc2c(F)cccc2n1CC(C)N(C)C. The van der Waals surface area contributed by atoms with E-state index in [1.54, 1.807) is 6.07 Å². The lowest BCUT2D eigenvalue weighted by atomic mass is 10.2. The number of alkyl halides is 1. The number of halogens is 2. The number of para-hydroxylation sites is 1. The van der Waals surface area contributed by atoms with Gasteiger partial charge in [0.15, 0.2) is 5.82 Å². The first-order chi connectivity index (χ1) is 8.91. The van der Waals surface area contributed by atoms with Gasteiger partial charge in [-0.3, -0.25) is 0 Å². The second kappa shape index (κ2) is 5.47. The van der Waals surface area contributed by atoms with E-state index in [0.717, 1.165) is 17.9 Å². The number of hydrogen-bond donors (Lipinski definition) is 0. The second-order valence-corrected chi connectivity index (χ2v) is 5.77. The van der Waals surface area contributed by atoms with E-state index in [-0.39, 0.29) is 11.2 Å². The molecule has 1 aromatic carbocycles. The number of imidazole rings is 1. The number of benzene rings is 1. The molecule has 0 radical (unpaired) electrons. The summed E-state index contributed by atoms with van der Waals surface area (Å²) in [5.74, 6) is 0.419. The fraction of sp³-hybridized carbons (Fsp3) is 0.500. The summed E-state index contributed by atoms with van der Waals surface area (Å²) < 4.78 is 15.8. The lowest BCUT2D eigenvalue weighted by molar-refractivity contribution is 0.284. The van der Waals surface area contributed by atoms with Crippen LogP contribution in [0.1, 0.15) is 25.0 Å².